The fourth-order valence-corrected chi connectivity index (χ4v) is 3.45. The minimum Gasteiger partial charge on any atom is -0.507 e. The van der Waals surface area contributed by atoms with Gasteiger partial charge in [-0.3, -0.25) is 4.79 Å². The number of carbonyl (C=O) groups is 1. The Labute approximate surface area is 220 Å². The Kier molecular flexibility index (Phi) is 10.5. The number of nitrogens with one attached hydrogen (secondary N) is 3. The number of alkyl halides is 3. The molecule has 0 fully saturated rings. The molecule has 0 aliphatic carbocycles. The fourth-order valence-electron chi connectivity index (χ4n) is 3.45. The highest BCUT2D eigenvalue weighted by molar-refractivity contribution is 5.97. The first-order valence-electron chi connectivity index (χ1n) is 11.7. The number of phenolic OH excluding ortho intramolecular Hbond substituents is 1. The number of aromatic hydroxyl groups is 1. The number of hydrogen-bond donors (Lipinski definition) is 4. The lowest BCUT2D eigenvalue weighted by molar-refractivity contribution is -0.154. The standard InChI is InChI=1S/C25H34F3N7O3/c1-7-8-16(2)12-29-21-32-22(34-23(33-21)38-15-25(26,27)28)31-17-9-10-18(19(36)11-17)20(37)30-13-24(3,4)14-35(5)6/h7-11,36H,2,12-15H2,1,3-6H3,(H,30,37)(H2,29,31,32,33,34)/b8-7-. The molecule has 0 spiro atoms. The molecular weight excluding hydrogens is 503 g/mol. The van der Waals surface area contributed by atoms with Crippen molar-refractivity contribution >= 4 is 23.5 Å². The molecule has 1 heterocycles. The molecule has 13 heteroatoms. The van der Waals surface area contributed by atoms with E-state index in [2.05, 4.69) is 42.2 Å². The van der Waals surface area contributed by atoms with Crippen molar-refractivity contribution in [3.63, 3.8) is 0 Å². The first-order chi connectivity index (χ1) is 17.7. The number of hydrogen-bond acceptors (Lipinski definition) is 9. The van der Waals surface area contributed by atoms with E-state index in [0.717, 1.165) is 6.54 Å². The van der Waals surface area contributed by atoms with E-state index in [1.807, 2.05) is 39.8 Å². The second kappa shape index (κ2) is 13.1. The van der Waals surface area contributed by atoms with Crippen LogP contribution in [0.15, 0.2) is 42.5 Å². The summed E-state index contributed by atoms with van der Waals surface area (Å²) in [5.41, 5.74) is 0.838. The van der Waals surface area contributed by atoms with Gasteiger partial charge >= 0.3 is 12.2 Å². The summed E-state index contributed by atoms with van der Waals surface area (Å²) in [4.78, 5) is 26.5. The van der Waals surface area contributed by atoms with Crippen LogP contribution < -0.4 is 20.7 Å². The molecule has 38 heavy (non-hydrogen) atoms. The number of benzene rings is 1. The van der Waals surface area contributed by atoms with Gasteiger partial charge in [0.05, 0.1) is 5.56 Å². The van der Waals surface area contributed by atoms with Crippen LogP contribution in [-0.4, -0.2) is 77.4 Å². The predicted molar refractivity (Wildman–Crippen MR) is 140 cm³/mol. The van der Waals surface area contributed by atoms with Gasteiger partial charge in [-0.15, -0.1) is 0 Å². The largest absolute Gasteiger partial charge is 0.507 e. The third-order valence-corrected chi connectivity index (χ3v) is 4.83. The number of rotatable bonds is 13. The van der Waals surface area contributed by atoms with E-state index < -0.39 is 24.7 Å². The van der Waals surface area contributed by atoms with Crippen LogP contribution in [0.2, 0.25) is 0 Å². The lowest BCUT2D eigenvalue weighted by atomic mass is 9.93. The molecule has 2 rings (SSSR count). The SMILES string of the molecule is C=C(/C=C\C)CNc1nc(Nc2ccc(C(=O)NCC(C)(C)CN(C)C)c(O)c2)nc(OCC(F)(F)F)n1. The van der Waals surface area contributed by atoms with Gasteiger partial charge in [-0.25, -0.2) is 0 Å². The van der Waals surface area contributed by atoms with Crippen molar-refractivity contribution in [2.24, 2.45) is 5.41 Å². The third-order valence-electron chi connectivity index (χ3n) is 4.83. The zero-order valence-electron chi connectivity index (χ0n) is 22.1. The summed E-state index contributed by atoms with van der Waals surface area (Å²) in [5, 5.41) is 18.9. The Morgan fingerprint density at radius 1 is 1.18 bits per heavy atom. The second-order valence-corrected chi connectivity index (χ2v) is 9.62. The predicted octanol–water partition coefficient (Wildman–Crippen LogP) is 4.12. The van der Waals surface area contributed by atoms with E-state index in [-0.39, 0.29) is 40.9 Å². The molecule has 10 nitrogen and oxygen atoms in total. The van der Waals surface area contributed by atoms with Crippen molar-refractivity contribution in [3.05, 3.63) is 48.1 Å². The van der Waals surface area contributed by atoms with Crippen LogP contribution in [0.4, 0.5) is 30.8 Å². The minimum atomic E-state index is -4.59. The number of carbonyl (C=O) groups excluding carboxylic acids is 1. The van der Waals surface area contributed by atoms with E-state index in [9.17, 15) is 23.1 Å². The van der Waals surface area contributed by atoms with E-state index in [1.165, 1.54) is 18.2 Å². The number of allylic oxidation sites excluding steroid dienone is 1. The van der Waals surface area contributed by atoms with E-state index in [1.54, 1.807) is 12.2 Å². The lowest BCUT2D eigenvalue weighted by Crippen LogP contribution is -2.40. The summed E-state index contributed by atoms with van der Waals surface area (Å²) in [6, 6.07) is 3.63. The highest BCUT2D eigenvalue weighted by atomic mass is 19.4. The molecule has 1 amide bonds. The average molecular weight is 538 g/mol. The Morgan fingerprint density at radius 2 is 1.87 bits per heavy atom. The van der Waals surface area contributed by atoms with Crippen LogP contribution >= 0.6 is 0 Å². The maximum Gasteiger partial charge on any atom is 0.422 e. The van der Waals surface area contributed by atoms with Crippen LogP contribution in [0, 0.1) is 5.41 Å². The molecule has 2 aromatic rings. The zero-order valence-corrected chi connectivity index (χ0v) is 22.1. The quantitative estimate of drug-likeness (QED) is 0.279. The first kappa shape index (κ1) is 30.4. The number of anilines is 3. The Hall–Kier alpha value is -3.87. The normalized spacial score (nSPS) is 12.0. The molecular formula is C25H34F3N7O3. The van der Waals surface area contributed by atoms with Gasteiger partial charge in [0.2, 0.25) is 11.9 Å². The van der Waals surface area contributed by atoms with E-state index in [0.29, 0.717) is 12.1 Å². The lowest BCUT2D eigenvalue weighted by Gasteiger charge is -2.28. The number of halogens is 3. The van der Waals surface area contributed by atoms with Crippen molar-refractivity contribution in [1.29, 1.82) is 0 Å². The summed E-state index contributed by atoms with van der Waals surface area (Å²) in [6.45, 7) is 9.46. The smallest absolute Gasteiger partial charge is 0.422 e. The molecule has 1 aromatic heterocycles. The number of ether oxygens (including phenoxy) is 1. The van der Waals surface area contributed by atoms with Crippen LogP contribution in [0.3, 0.4) is 0 Å². The van der Waals surface area contributed by atoms with Gasteiger partial charge in [0.1, 0.15) is 5.75 Å². The van der Waals surface area contributed by atoms with Gasteiger partial charge in [0.15, 0.2) is 6.61 Å². The highest BCUT2D eigenvalue weighted by Crippen LogP contribution is 2.25. The highest BCUT2D eigenvalue weighted by Gasteiger charge is 2.29. The summed E-state index contributed by atoms with van der Waals surface area (Å²) in [5.74, 6) is -0.942. The molecule has 1 aromatic carbocycles. The molecule has 0 saturated heterocycles. The fraction of sp³-hybridized carbons (Fsp3) is 0.440. The third kappa shape index (κ3) is 10.6. The summed E-state index contributed by atoms with van der Waals surface area (Å²) >= 11 is 0. The molecule has 0 radical (unpaired) electrons. The van der Waals surface area contributed by atoms with Crippen molar-refractivity contribution in [1.82, 2.24) is 25.2 Å². The Balaban J connectivity index is 2.19. The van der Waals surface area contributed by atoms with Crippen molar-refractivity contribution < 1.29 is 27.8 Å². The number of amides is 1. The van der Waals surface area contributed by atoms with Crippen molar-refractivity contribution in [2.45, 2.75) is 26.9 Å². The Bertz CT molecular complexity index is 1150. The molecule has 208 valence electrons. The van der Waals surface area contributed by atoms with Gasteiger partial charge in [0.25, 0.3) is 5.91 Å². The first-order valence-corrected chi connectivity index (χ1v) is 11.7. The molecule has 4 N–H and O–H groups in total. The zero-order chi connectivity index (χ0) is 28.5. The van der Waals surface area contributed by atoms with Gasteiger partial charge in [-0.2, -0.15) is 28.1 Å². The van der Waals surface area contributed by atoms with Gasteiger partial charge in [0, 0.05) is 31.4 Å². The molecule has 0 atom stereocenters. The molecule has 0 saturated carbocycles. The van der Waals surface area contributed by atoms with Crippen LogP contribution in [0.5, 0.6) is 11.8 Å². The summed E-state index contributed by atoms with van der Waals surface area (Å²) in [6.07, 6.45) is -1.06. The number of nitrogens with zero attached hydrogens (tertiary/aromatic N) is 4. The average Bonchev–Trinajstić information content (AvgIpc) is 2.79. The van der Waals surface area contributed by atoms with Crippen LogP contribution in [0.25, 0.3) is 0 Å². The van der Waals surface area contributed by atoms with Crippen molar-refractivity contribution in [2.75, 3.05) is 51.0 Å². The molecule has 0 unspecified atom stereocenters. The van der Waals surface area contributed by atoms with Gasteiger partial charge < -0.3 is 30.7 Å². The van der Waals surface area contributed by atoms with Crippen LogP contribution in [0.1, 0.15) is 31.1 Å². The summed E-state index contributed by atoms with van der Waals surface area (Å²) in [7, 11) is 3.89. The van der Waals surface area contributed by atoms with Gasteiger partial charge in [-0.05, 0) is 44.1 Å². The number of aromatic nitrogens is 3. The second-order valence-electron chi connectivity index (χ2n) is 9.62. The summed E-state index contributed by atoms with van der Waals surface area (Å²) < 4.78 is 42.6. The number of phenols is 1. The van der Waals surface area contributed by atoms with Crippen molar-refractivity contribution in [3.8, 4) is 11.8 Å². The molecule has 0 bridgehead atoms. The molecule has 0 aliphatic rings. The minimum absolute atomic E-state index is 0.0501. The monoisotopic (exact) mass is 537 g/mol. The maximum absolute atomic E-state index is 12.6. The van der Waals surface area contributed by atoms with E-state index >= 15 is 0 Å². The van der Waals surface area contributed by atoms with Gasteiger partial charge in [-0.1, -0.05) is 32.6 Å². The topological polar surface area (TPSA) is 125 Å². The van der Waals surface area contributed by atoms with E-state index in [4.69, 9.17) is 0 Å². The van der Waals surface area contributed by atoms with Crippen LogP contribution in [-0.2, 0) is 0 Å². The molecule has 0 aliphatic heterocycles. The maximum atomic E-state index is 12.6. The Morgan fingerprint density at radius 3 is 2.47 bits per heavy atom.